The number of hydrogen-bond donors (Lipinski definition) is 1. The van der Waals surface area contributed by atoms with Gasteiger partial charge in [0.2, 0.25) is 5.91 Å². The summed E-state index contributed by atoms with van der Waals surface area (Å²) >= 11 is 0. The molecule has 0 atom stereocenters. The molecule has 0 unspecified atom stereocenters. The quantitative estimate of drug-likeness (QED) is 0.770. The van der Waals surface area contributed by atoms with E-state index in [1.807, 2.05) is 0 Å². The SMILES string of the molecule is O=C(COC(=O)c1ccc(N2CCCC2=O)cc1)Nc1cccc(C(F)(F)F)c1. The number of alkyl halides is 3. The number of ether oxygens (including phenoxy) is 1. The van der Waals surface area contributed by atoms with Crippen molar-refractivity contribution in [1.29, 1.82) is 0 Å². The Morgan fingerprint density at radius 2 is 1.83 bits per heavy atom. The highest BCUT2D eigenvalue weighted by Gasteiger charge is 2.30. The van der Waals surface area contributed by atoms with Gasteiger partial charge in [-0.05, 0) is 48.9 Å². The van der Waals surface area contributed by atoms with Crippen LogP contribution in [0.1, 0.15) is 28.8 Å². The number of anilines is 2. The Hall–Kier alpha value is -3.36. The van der Waals surface area contributed by atoms with Crippen LogP contribution in [0, 0.1) is 0 Å². The summed E-state index contributed by atoms with van der Waals surface area (Å²) in [4.78, 5) is 37.3. The Balaban J connectivity index is 1.54. The Kier molecular flexibility index (Phi) is 5.86. The molecule has 1 saturated heterocycles. The molecule has 0 saturated carbocycles. The molecule has 1 heterocycles. The van der Waals surface area contributed by atoms with Crippen LogP contribution in [-0.2, 0) is 20.5 Å². The lowest BCUT2D eigenvalue weighted by Crippen LogP contribution is -2.23. The van der Waals surface area contributed by atoms with Crippen molar-refractivity contribution in [2.24, 2.45) is 0 Å². The Labute approximate surface area is 164 Å². The van der Waals surface area contributed by atoms with Crippen LogP contribution < -0.4 is 10.2 Å². The number of carbonyl (C=O) groups excluding carboxylic acids is 3. The topological polar surface area (TPSA) is 75.7 Å². The first kappa shape index (κ1) is 20.4. The third kappa shape index (κ3) is 5.13. The average molecular weight is 406 g/mol. The molecule has 6 nitrogen and oxygen atoms in total. The van der Waals surface area contributed by atoms with E-state index in [0.29, 0.717) is 18.7 Å². The lowest BCUT2D eigenvalue weighted by molar-refractivity contribution is -0.137. The Morgan fingerprint density at radius 3 is 2.45 bits per heavy atom. The van der Waals surface area contributed by atoms with Crippen molar-refractivity contribution in [2.75, 3.05) is 23.4 Å². The minimum Gasteiger partial charge on any atom is -0.452 e. The number of hydrogen-bond acceptors (Lipinski definition) is 4. The van der Waals surface area contributed by atoms with Crippen molar-refractivity contribution >= 4 is 29.2 Å². The molecule has 29 heavy (non-hydrogen) atoms. The molecule has 2 amide bonds. The van der Waals surface area contributed by atoms with Gasteiger partial charge in [-0.25, -0.2) is 4.79 Å². The summed E-state index contributed by atoms with van der Waals surface area (Å²) < 4.78 is 43.0. The van der Waals surface area contributed by atoms with E-state index in [9.17, 15) is 27.6 Å². The summed E-state index contributed by atoms with van der Waals surface area (Å²) in [5, 5.41) is 2.25. The fraction of sp³-hybridized carbons (Fsp3) is 0.250. The molecule has 3 rings (SSSR count). The van der Waals surface area contributed by atoms with Gasteiger partial charge in [0.05, 0.1) is 11.1 Å². The van der Waals surface area contributed by atoms with E-state index in [1.54, 1.807) is 17.0 Å². The third-order valence-electron chi connectivity index (χ3n) is 4.30. The van der Waals surface area contributed by atoms with Crippen LogP contribution in [0.15, 0.2) is 48.5 Å². The molecular formula is C20H17F3N2O4. The van der Waals surface area contributed by atoms with Crippen molar-refractivity contribution in [3.05, 3.63) is 59.7 Å². The lowest BCUT2D eigenvalue weighted by atomic mass is 10.2. The van der Waals surface area contributed by atoms with Crippen molar-refractivity contribution in [3.63, 3.8) is 0 Å². The number of benzene rings is 2. The summed E-state index contributed by atoms with van der Waals surface area (Å²) in [5.41, 5.74) is -0.0945. The maximum absolute atomic E-state index is 12.7. The summed E-state index contributed by atoms with van der Waals surface area (Å²) in [6.07, 6.45) is -3.26. The fourth-order valence-corrected chi connectivity index (χ4v) is 2.88. The zero-order valence-corrected chi connectivity index (χ0v) is 15.2. The summed E-state index contributed by atoms with van der Waals surface area (Å²) in [6, 6.07) is 10.3. The van der Waals surface area contributed by atoms with E-state index < -0.39 is 30.2 Å². The normalized spacial score (nSPS) is 14.0. The van der Waals surface area contributed by atoms with E-state index in [0.717, 1.165) is 24.6 Å². The van der Waals surface area contributed by atoms with Crippen LogP contribution in [0.4, 0.5) is 24.5 Å². The molecule has 1 fully saturated rings. The molecule has 0 bridgehead atoms. The third-order valence-corrected chi connectivity index (χ3v) is 4.30. The summed E-state index contributed by atoms with van der Waals surface area (Å²) in [7, 11) is 0. The van der Waals surface area contributed by atoms with Gasteiger partial charge < -0.3 is 15.0 Å². The van der Waals surface area contributed by atoms with Gasteiger partial charge >= 0.3 is 12.1 Å². The summed E-state index contributed by atoms with van der Waals surface area (Å²) in [5.74, 6) is -1.51. The fourth-order valence-electron chi connectivity index (χ4n) is 2.88. The van der Waals surface area contributed by atoms with Crippen molar-refractivity contribution in [1.82, 2.24) is 0 Å². The standard InChI is InChI=1S/C20H17F3N2O4/c21-20(22,23)14-3-1-4-15(11-14)24-17(26)12-29-19(28)13-6-8-16(9-7-13)25-10-2-5-18(25)27/h1,3-4,6-9,11H,2,5,10,12H2,(H,24,26). The predicted octanol–water partition coefficient (Wildman–Crippen LogP) is 3.63. The first-order valence-electron chi connectivity index (χ1n) is 8.79. The van der Waals surface area contributed by atoms with Gasteiger partial charge in [-0.2, -0.15) is 13.2 Å². The number of carbonyl (C=O) groups is 3. The van der Waals surface area contributed by atoms with Crippen LogP contribution in [0.3, 0.4) is 0 Å². The molecule has 1 aliphatic rings. The van der Waals surface area contributed by atoms with Crippen LogP contribution in [-0.4, -0.2) is 30.9 Å². The zero-order valence-electron chi connectivity index (χ0n) is 15.2. The molecule has 0 aromatic heterocycles. The van der Waals surface area contributed by atoms with E-state index >= 15 is 0 Å². The van der Waals surface area contributed by atoms with E-state index in [-0.39, 0.29) is 17.2 Å². The van der Waals surface area contributed by atoms with Crippen molar-refractivity contribution in [3.8, 4) is 0 Å². The van der Waals surface area contributed by atoms with Gasteiger partial charge in [-0.3, -0.25) is 9.59 Å². The van der Waals surface area contributed by atoms with Crippen LogP contribution in [0.2, 0.25) is 0 Å². The van der Waals surface area contributed by atoms with E-state index in [4.69, 9.17) is 4.74 Å². The molecule has 2 aromatic rings. The molecule has 1 aliphatic heterocycles. The predicted molar refractivity (Wildman–Crippen MR) is 98.4 cm³/mol. The molecule has 0 spiro atoms. The second-order valence-corrected chi connectivity index (χ2v) is 6.40. The Bertz CT molecular complexity index is 926. The molecular weight excluding hydrogens is 389 g/mol. The maximum atomic E-state index is 12.7. The highest BCUT2D eigenvalue weighted by atomic mass is 19.4. The Morgan fingerprint density at radius 1 is 1.10 bits per heavy atom. The number of nitrogens with one attached hydrogen (secondary N) is 1. The van der Waals surface area contributed by atoms with Gasteiger partial charge in [0.1, 0.15) is 0 Å². The first-order valence-corrected chi connectivity index (χ1v) is 8.79. The van der Waals surface area contributed by atoms with Gasteiger partial charge in [0, 0.05) is 24.3 Å². The van der Waals surface area contributed by atoms with Gasteiger partial charge in [-0.1, -0.05) is 6.07 Å². The molecule has 9 heteroatoms. The first-order chi connectivity index (χ1) is 13.7. The van der Waals surface area contributed by atoms with Gasteiger partial charge in [0.15, 0.2) is 6.61 Å². The van der Waals surface area contributed by atoms with Crippen molar-refractivity contribution in [2.45, 2.75) is 19.0 Å². The number of amides is 2. The van der Waals surface area contributed by atoms with Crippen LogP contribution in [0.5, 0.6) is 0 Å². The molecule has 2 aromatic carbocycles. The maximum Gasteiger partial charge on any atom is 0.416 e. The van der Waals surface area contributed by atoms with Crippen LogP contribution in [0.25, 0.3) is 0 Å². The monoisotopic (exact) mass is 406 g/mol. The number of nitrogens with zero attached hydrogens (tertiary/aromatic N) is 1. The zero-order chi connectivity index (χ0) is 21.0. The summed E-state index contributed by atoms with van der Waals surface area (Å²) in [6.45, 7) is -0.0280. The lowest BCUT2D eigenvalue weighted by Gasteiger charge is -2.15. The van der Waals surface area contributed by atoms with E-state index in [1.165, 1.54) is 18.2 Å². The molecule has 1 N–H and O–H groups in total. The van der Waals surface area contributed by atoms with Crippen LogP contribution >= 0.6 is 0 Å². The minimum atomic E-state index is -4.53. The average Bonchev–Trinajstić information content (AvgIpc) is 3.12. The largest absolute Gasteiger partial charge is 0.452 e. The number of halogens is 3. The molecule has 0 aliphatic carbocycles. The number of rotatable bonds is 5. The van der Waals surface area contributed by atoms with Gasteiger partial charge in [0.25, 0.3) is 5.91 Å². The minimum absolute atomic E-state index is 0.0200. The van der Waals surface area contributed by atoms with E-state index in [2.05, 4.69) is 5.32 Å². The highest BCUT2D eigenvalue weighted by molar-refractivity contribution is 5.97. The van der Waals surface area contributed by atoms with Gasteiger partial charge in [-0.15, -0.1) is 0 Å². The van der Waals surface area contributed by atoms with Crippen molar-refractivity contribution < 1.29 is 32.3 Å². The number of esters is 1. The smallest absolute Gasteiger partial charge is 0.416 e. The molecule has 152 valence electrons. The second kappa shape index (κ2) is 8.34. The highest BCUT2D eigenvalue weighted by Crippen LogP contribution is 2.30. The molecule has 0 radical (unpaired) electrons. The second-order valence-electron chi connectivity index (χ2n) is 6.40.